The van der Waals surface area contributed by atoms with Crippen LogP contribution in [-0.2, 0) is 11.3 Å². The number of amides is 4. The fourth-order valence-corrected chi connectivity index (χ4v) is 3.10. The second-order valence-electron chi connectivity index (χ2n) is 6.60. The highest BCUT2D eigenvalue weighted by atomic mass is 16.5. The van der Waals surface area contributed by atoms with Gasteiger partial charge in [0.25, 0.3) is 11.8 Å². The van der Waals surface area contributed by atoms with E-state index in [0.29, 0.717) is 42.9 Å². The van der Waals surface area contributed by atoms with E-state index in [4.69, 9.17) is 4.74 Å². The van der Waals surface area contributed by atoms with Crippen LogP contribution in [0.4, 0.5) is 10.5 Å². The molecule has 0 radical (unpaired) electrons. The van der Waals surface area contributed by atoms with Gasteiger partial charge in [-0.3, -0.25) is 14.5 Å². The van der Waals surface area contributed by atoms with Crippen LogP contribution >= 0.6 is 0 Å². The van der Waals surface area contributed by atoms with Gasteiger partial charge in [0.15, 0.2) is 0 Å². The molecule has 3 rings (SSSR count). The molecule has 146 valence electrons. The van der Waals surface area contributed by atoms with Crippen LogP contribution < -0.4 is 10.6 Å². The standard InChI is InChI=1S/C21H23N3O4/c1-14-6-3-4-7-15(14)13-22-21(27)23-16-8-9-17-18(12-16)20(26)24(19(17)25)10-5-11-28-2/h3-4,6-9,12H,5,10-11,13H2,1-2H3,(H2,22,23,27). The molecule has 2 aromatic rings. The number of hydrogen-bond donors (Lipinski definition) is 2. The molecule has 0 saturated heterocycles. The Balaban J connectivity index is 1.63. The number of nitrogens with one attached hydrogen (secondary N) is 2. The van der Waals surface area contributed by atoms with Gasteiger partial charge >= 0.3 is 6.03 Å². The van der Waals surface area contributed by atoms with Gasteiger partial charge in [0, 0.05) is 32.5 Å². The highest BCUT2D eigenvalue weighted by molar-refractivity contribution is 6.21. The van der Waals surface area contributed by atoms with Crippen LogP contribution in [0.25, 0.3) is 0 Å². The Kier molecular flexibility index (Phi) is 6.06. The first-order valence-corrected chi connectivity index (χ1v) is 9.10. The lowest BCUT2D eigenvalue weighted by Crippen LogP contribution is -2.31. The quantitative estimate of drug-likeness (QED) is 0.570. The van der Waals surface area contributed by atoms with Crippen molar-refractivity contribution in [3.8, 4) is 0 Å². The van der Waals surface area contributed by atoms with E-state index in [2.05, 4.69) is 10.6 Å². The van der Waals surface area contributed by atoms with Crippen molar-refractivity contribution in [1.82, 2.24) is 10.2 Å². The number of anilines is 1. The second kappa shape index (κ2) is 8.67. The molecule has 0 spiro atoms. The van der Waals surface area contributed by atoms with Crippen LogP contribution in [0.1, 0.15) is 38.3 Å². The maximum absolute atomic E-state index is 12.5. The number of urea groups is 1. The first-order chi connectivity index (χ1) is 13.5. The number of hydrogen-bond acceptors (Lipinski definition) is 4. The average molecular weight is 381 g/mol. The minimum Gasteiger partial charge on any atom is -0.385 e. The predicted octanol–water partition coefficient (Wildman–Crippen LogP) is 2.95. The number of methoxy groups -OCH3 is 1. The van der Waals surface area contributed by atoms with E-state index in [-0.39, 0.29) is 17.8 Å². The molecular formula is C21H23N3O4. The molecule has 28 heavy (non-hydrogen) atoms. The summed E-state index contributed by atoms with van der Waals surface area (Å²) in [5.41, 5.74) is 3.24. The Morgan fingerprint density at radius 1 is 1.07 bits per heavy atom. The van der Waals surface area contributed by atoms with Crippen LogP contribution in [-0.4, -0.2) is 43.0 Å². The van der Waals surface area contributed by atoms with Gasteiger partial charge in [-0.25, -0.2) is 4.79 Å². The van der Waals surface area contributed by atoms with Crippen LogP contribution in [0.2, 0.25) is 0 Å². The van der Waals surface area contributed by atoms with Gasteiger partial charge in [-0.15, -0.1) is 0 Å². The molecule has 7 nitrogen and oxygen atoms in total. The van der Waals surface area contributed by atoms with Gasteiger partial charge in [-0.05, 0) is 42.7 Å². The monoisotopic (exact) mass is 381 g/mol. The highest BCUT2D eigenvalue weighted by Gasteiger charge is 2.35. The van der Waals surface area contributed by atoms with Crippen molar-refractivity contribution in [3.05, 3.63) is 64.7 Å². The Hall–Kier alpha value is -3.19. The lowest BCUT2D eigenvalue weighted by atomic mass is 10.1. The van der Waals surface area contributed by atoms with Crippen LogP contribution in [0.3, 0.4) is 0 Å². The smallest absolute Gasteiger partial charge is 0.319 e. The van der Waals surface area contributed by atoms with E-state index in [9.17, 15) is 14.4 Å². The maximum Gasteiger partial charge on any atom is 0.319 e. The van der Waals surface area contributed by atoms with E-state index < -0.39 is 0 Å². The SMILES string of the molecule is COCCCN1C(=O)c2ccc(NC(=O)NCc3ccccc3C)cc2C1=O. The van der Waals surface area contributed by atoms with E-state index in [1.807, 2.05) is 31.2 Å². The van der Waals surface area contributed by atoms with Crippen molar-refractivity contribution in [3.63, 3.8) is 0 Å². The van der Waals surface area contributed by atoms with E-state index >= 15 is 0 Å². The molecule has 0 aromatic heterocycles. The summed E-state index contributed by atoms with van der Waals surface area (Å²) in [5.74, 6) is -0.660. The normalized spacial score (nSPS) is 12.9. The molecule has 0 aliphatic carbocycles. The molecule has 1 heterocycles. The summed E-state index contributed by atoms with van der Waals surface area (Å²) in [6.45, 7) is 3.16. The van der Waals surface area contributed by atoms with Gasteiger partial charge in [0.05, 0.1) is 11.1 Å². The Labute approximate surface area is 163 Å². The number of imide groups is 1. The summed E-state index contributed by atoms with van der Waals surface area (Å²) in [4.78, 5) is 38.3. The van der Waals surface area contributed by atoms with Gasteiger partial charge < -0.3 is 15.4 Å². The molecular weight excluding hydrogens is 358 g/mol. The number of aryl methyl sites for hydroxylation is 1. The lowest BCUT2D eigenvalue weighted by molar-refractivity contribution is 0.0638. The van der Waals surface area contributed by atoms with E-state index in [0.717, 1.165) is 11.1 Å². The summed E-state index contributed by atoms with van der Waals surface area (Å²) in [6.07, 6.45) is 0.578. The Morgan fingerprint density at radius 3 is 2.57 bits per heavy atom. The van der Waals surface area contributed by atoms with E-state index in [1.54, 1.807) is 25.3 Å². The third-order valence-corrected chi connectivity index (χ3v) is 4.66. The zero-order valence-electron chi connectivity index (χ0n) is 16.0. The van der Waals surface area contributed by atoms with E-state index in [1.165, 1.54) is 4.90 Å². The fraction of sp³-hybridized carbons (Fsp3) is 0.286. The number of carbonyl (C=O) groups is 3. The molecule has 0 fully saturated rings. The first-order valence-electron chi connectivity index (χ1n) is 9.10. The third kappa shape index (κ3) is 4.20. The van der Waals surface area contributed by atoms with Crippen molar-refractivity contribution in [2.75, 3.05) is 25.6 Å². The average Bonchev–Trinajstić information content (AvgIpc) is 2.92. The minimum absolute atomic E-state index is 0.305. The largest absolute Gasteiger partial charge is 0.385 e. The summed E-state index contributed by atoms with van der Waals surface area (Å²) in [6, 6.07) is 12.2. The summed E-state index contributed by atoms with van der Waals surface area (Å²) < 4.78 is 4.97. The van der Waals surface area contributed by atoms with Crippen molar-refractivity contribution in [2.45, 2.75) is 19.9 Å². The molecule has 4 amide bonds. The van der Waals surface area contributed by atoms with Gasteiger partial charge in [0.1, 0.15) is 0 Å². The number of benzene rings is 2. The molecule has 1 aliphatic heterocycles. The van der Waals surface area contributed by atoms with Crippen LogP contribution in [0.15, 0.2) is 42.5 Å². The molecule has 0 unspecified atom stereocenters. The molecule has 0 bridgehead atoms. The molecule has 0 saturated carbocycles. The molecule has 2 N–H and O–H groups in total. The van der Waals surface area contributed by atoms with Crippen molar-refractivity contribution in [2.24, 2.45) is 0 Å². The van der Waals surface area contributed by atoms with Crippen molar-refractivity contribution >= 4 is 23.5 Å². The predicted molar refractivity (Wildman–Crippen MR) is 105 cm³/mol. The second-order valence-corrected chi connectivity index (χ2v) is 6.60. The molecule has 0 atom stereocenters. The summed E-state index contributed by atoms with van der Waals surface area (Å²) >= 11 is 0. The molecule has 2 aromatic carbocycles. The van der Waals surface area contributed by atoms with Gasteiger partial charge in [-0.2, -0.15) is 0 Å². The number of carbonyl (C=O) groups excluding carboxylic acids is 3. The zero-order valence-corrected chi connectivity index (χ0v) is 16.0. The number of fused-ring (bicyclic) bond motifs is 1. The lowest BCUT2D eigenvalue weighted by Gasteiger charge is -2.12. The topological polar surface area (TPSA) is 87.7 Å². The summed E-state index contributed by atoms with van der Waals surface area (Å²) in [5, 5.41) is 5.50. The first kappa shape index (κ1) is 19.6. The highest BCUT2D eigenvalue weighted by Crippen LogP contribution is 2.26. The van der Waals surface area contributed by atoms with Crippen molar-refractivity contribution < 1.29 is 19.1 Å². The number of ether oxygens (including phenoxy) is 1. The minimum atomic E-state index is -0.378. The summed E-state index contributed by atoms with van der Waals surface area (Å²) in [7, 11) is 1.57. The Bertz CT molecular complexity index is 910. The van der Waals surface area contributed by atoms with Crippen LogP contribution in [0, 0.1) is 6.92 Å². The molecule has 1 aliphatic rings. The maximum atomic E-state index is 12.5. The number of nitrogens with zero attached hydrogens (tertiary/aromatic N) is 1. The van der Waals surface area contributed by atoms with Gasteiger partial charge in [0.2, 0.25) is 0 Å². The third-order valence-electron chi connectivity index (χ3n) is 4.66. The fourth-order valence-electron chi connectivity index (χ4n) is 3.10. The molecule has 7 heteroatoms. The number of rotatable bonds is 7. The van der Waals surface area contributed by atoms with Crippen LogP contribution in [0.5, 0.6) is 0 Å². The van der Waals surface area contributed by atoms with Crippen molar-refractivity contribution in [1.29, 1.82) is 0 Å². The van der Waals surface area contributed by atoms with Gasteiger partial charge in [-0.1, -0.05) is 24.3 Å². The Morgan fingerprint density at radius 2 is 1.82 bits per heavy atom. The zero-order chi connectivity index (χ0) is 20.1.